The molecular formula is C58H48N2O2. The predicted molar refractivity (Wildman–Crippen MR) is 263 cm³/mol. The van der Waals surface area contributed by atoms with Gasteiger partial charge in [-0.15, -0.1) is 0 Å². The van der Waals surface area contributed by atoms with E-state index >= 15 is 0 Å². The first-order chi connectivity index (χ1) is 29.9. The van der Waals surface area contributed by atoms with E-state index < -0.39 is 0 Å². The molecule has 0 saturated heterocycles. The molecule has 4 heteroatoms. The Hall–Kier alpha value is -7.30. The number of rotatable bonds is 6. The number of nitrogens with zero attached hydrogens (tertiary/aromatic N) is 2. The molecule has 0 amide bonds. The molecule has 2 aromatic heterocycles. The molecule has 62 heavy (non-hydrogen) atoms. The van der Waals surface area contributed by atoms with Crippen molar-refractivity contribution >= 4 is 99.5 Å². The van der Waals surface area contributed by atoms with E-state index in [2.05, 4.69) is 233 Å². The van der Waals surface area contributed by atoms with Crippen LogP contribution in [0.1, 0.15) is 52.7 Å². The molecule has 302 valence electrons. The third-order valence-electron chi connectivity index (χ3n) is 12.5. The van der Waals surface area contributed by atoms with Crippen LogP contribution in [-0.4, -0.2) is 0 Å². The van der Waals surface area contributed by atoms with Crippen molar-refractivity contribution in [3.05, 3.63) is 193 Å². The average molecular weight is 805 g/mol. The monoisotopic (exact) mass is 804 g/mol. The lowest BCUT2D eigenvalue weighted by molar-refractivity contribution is 0.590. The summed E-state index contributed by atoms with van der Waals surface area (Å²) in [5, 5.41) is 8.91. The van der Waals surface area contributed by atoms with Crippen LogP contribution in [0.2, 0.25) is 0 Å². The fraction of sp³-hybridized carbons (Fsp3) is 0.138. The van der Waals surface area contributed by atoms with E-state index in [0.29, 0.717) is 0 Å². The van der Waals surface area contributed by atoms with E-state index in [4.69, 9.17) is 8.83 Å². The molecule has 2 heterocycles. The number of hydrogen-bond acceptors (Lipinski definition) is 4. The van der Waals surface area contributed by atoms with E-state index in [-0.39, 0.29) is 10.8 Å². The van der Waals surface area contributed by atoms with Gasteiger partial charge in [-0.3, -0.25) is 0 Å². The van der Waals surface area contributed by atoms with Crippen molar-refractivity contribution in [2.24, 2.45) is 0 Å². The standard InChI is InChI=1S/C58H48N2O2/c1-57(2,3)41-19-25-45(26-20-41)59(43-13-9-7-10-14-43)47-23-17-37-31-49-51-35-52-50-32-38-18-24-48(60(44-15-11-8-12-16-44)46-27-21-42(22-28-46)58(4,5)6)30-40(38)34-54(50)62-56(52)36-55(51)61-53(49)33-39(37)29-47/h7-36H,1-6H3. The summed E-state index contributed by atoms with van der Waals surface area (Å²) in [4.78, 5) is 4.65. The lowest BCUT2D eigenvalue weighted by Gasteiger charge is -2.27. The zero-order valence-corrected chi connectivity index (χ0v) is 36.0. The van der Waals surface area contributed by atoms with Gasteiger partial charge in [0, 0.05) is 61.7 Å². The molecule has 0 radical (unpaired) electrons. The van der Waals surface area contributed by atoms with Crippen molar-refractivity contribution in [3.63, 3.8) is 0 Å². The van der Waals surface area contributed by atoms with Gasteiger partial charge in [0.2, 0.25) is 0 Å². The van der Waals surface area contributed by atoms with Gasteiger partial charge in [-0.1, -0.05) is 114 Å². The van der Waals surface area contributed by atoms with Gasteiger partial charge in [0.15, 0.2) is 0 Å². The van der Waals surface area contributed by atoms with Gasteiger partial charge in [-0.25, -0.2) is 0 Å². The Morgan fingerprint density at radius 1 is 0.290 bits per heavy atom. The van der Waals surface area contributed by atoms with Crippen LogP contribution in [0.4, 0.5) is 34.1 Å². The van der Waals surface area contributed by atoms with E-state index in [9.17, 15) is 0 Å². The minimum absolute atomic E-state index is 0.0813. The van der Waals surface area contributed by atoms with Gasteiger partial charge < -0.3 is 18.6 Å². The van der Waals surface area contributed by atoms with Crippen molar-refractivity contribution in [1.29, 1.82) is 0 Å². The predicted octanol–water partition coefficient (Wildman–Crippen LogP) is 17.3. The van der Waals surface area contributed by atoms with E-state index in [1.54, 1.807) is 0 Å². The van der Waals surface area contributed by atoms with Crippen LogP contribution in [0.3, 0.4) is 0 Å². The normalized spacial score (nSPS) is 12.4. The molecule has 11 aromatic rings. The van der Waals surface area contributed by atoms with Gasteiger partial charge >= 0.3 is 0 Å². The molecule has 0 aliphatic rings. The maximum atomic E-state index is 6.63. The molecule has 9 aromatic carbocycles. The SMILES string of the molecule is CC(C)(C)c1ccc(N(c2ccccc2)c2ccc3cc4c(cc3c2)oc2cc3oc5cc6cc(N(c7ccccc7)c7ccc(C(C)(C)C)cc7)ccc6cc5c3cc24)cc1. The summed E-state index contributed by atoms with van der Waals surface area (Å²) >= 11 is 0. The van der Waals surface area contributed by atoms with Crippen molar-refractivity contribution in [2.45, 2.75) is 52.4 Å². The Labute approximate surface area is 362 Å². The van der Waals surface area contributed by atoms with Gasteiger partial charge in [0.1, 0.15) is 22.3 Å². The van der Waals surface area contributed by atoms with E-state index in [1.165, 1.54) is 11.1 Å². The van der Waals surface area contributed by atoms with Crippen molar-refractivity contribution in [3.8, 4) is 0 Å². The summed E-state index contributed by atoms with van der Waals surface area (Å²) < 4.78 is 13.3. The lowest BCUT2D eigenvalue weighted by atomic mass is 9.87. The van der Waals surface area contributed by atoms with Crippen LogP contribution in [-0.2, 0) is 10.8 Å². The zero-order chi connectivity index (χ0) is 42.3. The highest BCUT2D eigenvalue weighted by atomic mass is 16.3. The minimum atomic E-state index is 0.0813. The quantitative estimate of drug-likeness (QED) is 0.168. The number of furan rings is 2. The Morgan fingerprint density at radius 2 is 0.629 bits per heavy atom. The van der Waals surface area contributed by atoms with Crippen molar-refractivity contribution in [2.75, 3.05) is 9.80 Å². The summed E-state index contributed by atoms with van der Waals surface area (Å²) in [6.07, 6.45) is 0. The number of anilines is 6. The zero-order valence-electron chi connectivity index (χ0n) is 36.0. The van der Waals surface area contributed by atoms with Gasteiger partial charge in [-0.05, 0) is 147 Å². The summed E-state index contributed by atoms with van der Waals surface area (Å²) in [7, 11) is 0. The number of hydrogen-bond donors (Lipinski definition) is 0. The largest absolute Gasteiger partial charge is 0.456 e. The third-order valence-corrected chi connectivity index (χ3v) is 12.5. The number of fused-ring (bicyclic) bond motifs is 8. The van der Waals surface area contributed by atoms with Gasteiger partial charge in [0.25, 0.3) is 0 Å². The fourth-order valence-corrected chi connectivity index (χ4v) is 9.05. The smallest absolute Gasteiger partial charge is 0.139 e. The molecule has 0 N–H and O–H groups in total. The Balaban J connectivity index is 0.978. The molecule has 0 atom stereocenters. The third kappa shape index (κ3) is 6.55. The highest BCUT2D eigenvalue weighted by molar-refractivity contribution is 6.18. The maximum absolute atomic E-state index is 6.63. The van der Waals surface area contributed by atoms with Gasteiger partial charge in [0.05, 0.1) is 0 Å². The summed E-state index contributed by atoms with van der Waals surface area (Å²) in [6, 6.07) is 65.7. The average Bonchev–Trinajstić information content (AvgIpc) is 3.80. The fourth-order valence-electron chi connectivity index (χ4n) is 9.05. The van der Waals surface area contributed by atoms with Crippen LogP contribution in [0.25, 0.3) is 65.4 Å². The Bertz CT molecular complexity index is 3230. The molecule has 0 spiro atoms. The minimum Gasteiger partial charge on any atom is -0.456 e. The van der Waals surface area contributed by atoms with Crippen LogP contribution < -0.4 is 9.80 Å². The van der Waals surface area contributed by atoms with Crippen LogP contribution >= 0.6 is 0 Å². The molecule has 0 bridgehead atoms. The van der Waals surface area contributed by atoms with Crippen LogP contribution in [0.5, 0.6) is 0 Å². The topological polar surface area (TPSA) is 32.8 Å². The first kappa shape index (κ1) is 37.7. The van der Waals surface area contributed by atoms with Gasteiger partial charge in [-0.2, -0.15) is 0 Å². The number of para-hydroxylation sites is 2. The van der Waals surface area contributed by atoms with Crippen LogP contribution in [0, 0.1) is 0 Å². The Kier molecular flexibility index (Phi) is 8.59. The number of benzene rings is 9. The van der Waals surface area contributed by atoms with E-state index in [0.717, 1.165) is 99.5 Å². The molecule has 0 unspecified atom stereocenters. The molecule has 0 fully saturated rings. The molecule has 4 nitrogen and oxygen atoms in total. The van der Waals surface area contributed by atoms with Crippen molar-refractivity contribution in [1.82, 2.24) is 0 Å². The second kappa shape index (κ2) is 14.1. The second-order valence-electron chi connectivity index (χ2n) is 18.7. The highest BCUT2D eigenvalue weighted by Crippen LogP contribution is 2.43. The second-order valence-corrected chi connectivity index (χ2v) is 18.7. The molecule has 0 aliphatic heterocycles. The summed E-state index contributed by atoms with van der Waals surface area (Å²) in [5.74, 6) is 0. The molecule has 11 rings (SSSR count). The van der Waals surface area contributed by atoms with Crippen molar-refractivity contribution < 1.29 is 8.83 Å². The summed E-state index contributed by atoms with van der Waals surface area (Å²) in [5.41, 5.74) is 12.8. The summed E-state index contributed by atoms with van der Waals surface area (Å²) in [6.45, 7) is 13.5. The lowest BCUT2D eigenvalue weighted by Crippen LogP contribution is -2.13. The highest BCUT2D eigenvalue weighted by Gasteiger charge is 2.20. The maximum Gasteiger partial charge on any atom is 0.139 e. The van der Waals surface area contributed by atoms with E-state index in [1.807, 2.05) is 0 Å². The van der Waals surface area contributed by atoms with Crippen LogP contribution in [0.15, 0.2) is 191 Å². The molecule has 0 saturated carbocycles. The first-order valence-electron chi connectivity index (χ1n) is 21.6. The Morgan fingerprint density at radius 3 is 1.02 bits per heavy atom. The molecule has 0 aliphatic carbocycles. The molecular weight excluding hydrogens is 757 g/mol. The first-order valence-corrected chi connectivity index (χ1v) is 21.6.